The predicted octanol–water partition coefficient (Wildman–Crippen LogP) is 1.12. The van der Waals surface area contributed by atoms with Crippen molar-refractivity contribution in [3.63, 3.8) is 0 Å². The van der Waals surface area contributed by atoms with Crippen molar-refractivity contribution in [1.29, 1.82) is 0 Å². The molecular formula is C12H15N3O2. The first-order chi connectivity index (χ1) is 8.08. The topological polar surface area (TPSA) is 72.0 Å². The maximum absolute atomic E-state index is 11.6. The molecule has 0 aliphatic carbocycles. The molecule has 1 saturated heterocycles. The van der Waals surface area contributed by atoms with Crippen molar-refractivity contribution in [2.45, 2.75) is 38.5 Å². The van der Waals surface area contributed by atoms with Crippen LogP contribution in [0.4, 0.5) is 0 Å². The SMILES string of the molecule is CC(C)c1cnc(C2CCC(=O)NC2=O)cn1. The number of amides is 2. The van der Waals surface area contributed by atoms with Gasteiger partial charge in [-0.05, 0) is 12.3 Å². The largest absolute Gasteiger partial charge is 0.296 e. The molecule has 1 aliphatic heterocycles. The molecule has 1 aromatic heterocycles. The second-order valence-electron chi connectivity index (χ2n) is 4.52. The number of imide groups is 1. The standard InChI is InChI=1S/C12H15N3O2/c1-7(2)9-5-14-10(6-13-9)8-3-4-11(16)15-12(8)17/h5-8H,3-4H2,1-2H3,(H,15,16,17). The normalized spacial score (nSPS) is 20.5. The molecule has 17 heavy (non-hydrogen) atoms. The van der Waals surface area contributed by atoms with Crippen LogP contribution < -0.4 is 5.32 Å². The molecule has 90 valence electrons. The summed E-state index contributed by atoms with van der Waals surface area (Å²) in [6.45, 7) is 4.07. The minimum absolute atomic E-state index is 0.210. The smallest absolute Gasteiger partial charge is 0.235 e. The molecule has 1 unspecified atom stereocenters. The number of piperidine rings is 1. The summed E-state index contributed by atoms with van der Waals surface area (Å²) >= 11 is 0. The number of nitrogens with zero attached hydrogens (tertiary/aromatic N) is 2. The first-order valence-electron chi connectivity index (χ1n) is 5.73. The predicted molar refractivity (Wildman–Crippen MR) is 61.2 cm³/mol. The summed E-state index contributed by atoms with van der Waals surface area (Å²) in [5, 5.41) is 2.32. The third-order valence-electron chi connectivity index (χ3n) is 2.88. The fraction of sp³-hybridized carbons (Fsp3) is 0.500. The zero-order chi connectivity index (χ0) is 12.4. The fourth-order valence-electron chi connectivity index (χ4n) is 1.80. The van der Waals surface area contributed by atoms with Gasteiger partial charge in [-0.15, -0.1) is 0 Å². The molecule has 0 spiro atoms. The lowest BCUT2D eigenvalue weighted by Gasteiger charge is -2.20. The number of carbonyl (C=O) groups is 2. The second kappa shape index (κ2) is 4.61. The van der Waals surface area contributed by atoms with Crippen molar-refractivity contribution >= 4 is 11.8 Å². The van der Waals surface area contributed by atoms with Gasteiger partial charge in [-0.3, -0.25) is 24.9 Å². The van der Waals surface area contributed by atoms with Gasteiger partial charge >= 0.3 is 0 Å². The lowest BCUT2D eigenvalue weighted by molar-refractivity contribution is -0.134. The van der Waals surface area contributed by atoms with Gasteiger partial charge in [0, 0.05) is 18.8 Å². The average Bonchev–Trinajstić information content (AvgIpc) is 2.29. The molecule has 1 atom stereocenters. The molecule has 5 nitrogen and oxygen atoms in total. The van der Waals surface area contributed by atoms with Crippen molar-refractivity contribution in [2.24, 2.45) is 0 Å². The Bertz CT molecular complexity index is 440. The maximum atomic E-state index is 11.6. The Morgan fingerprint density at radius 1 is 1.29 bits per heavy atom. The van der Waals surface area contributed by atoms with Crippen molar-refractivity contribution < 1.29 is 9.59 Å². The highest BCUT2D eigenvalue weighted by atomic mass is 16.2. The van der Waals surface area contributed by atoms with E-state index >= 15 is 0 Å². The maximum Gasteiger partial charge on any atom is 0.235 e. The zero-order valence-corrected chi connectivity index (χ0v) is 9.93. The lowest BCUT2D eigenvalue weighted by atomic mass is 9.95. The summed E-state index contributed by atoms with van der Waals surface area (Å²) in [5.41, 5.74) is 1.54. The van der Waals surface area contributed by atoms with E-state index in [0.717, 1.165) is 5.69 Å². The van der Waals surface area contributed by atoms with E-state index in [1.54, 1.807) is 12.4 Å². The zero-order valence-electron chi connectivity index (χ0n) is 9.93. The van der Waals surface area contributed by atoms with Crippen LogP contribution in [0.15, 0.2) is 12.4 Å². The minimum atomic E-state index is -0.346. The summed E-state index contributed by atoms with van der Waals surface area (Å²) in [5.74, 6) is -0.509. The summed E-state index contributed by atoms with van der Waals surface area (Å²) < 4.78 is 0. The lowest BCUT2D eigenvalue weighted by Crippen LogP contribution is -2.39. The number of rotatable bonds is 2. The van der Waals surface area contributed by atoms with Crippen LogP contribution in [0.2, 0.25) is 0 Å². The van der Waals surface area contributed by atoms with E-state index in [9.17, 15) is 9.59 Å². The van der Waals surface area contributed by atoms with Gasteiger partial charge in [0.2, 0.25) is 11.8 Å². The van der Waals surface area contributed by atoms with E-state index in [4.69, 9.17) is 0 Å². The van der Waals surface area contributed by atoms with Crippen molar-refractivity contribution in [1.82, 2.24) is 15.3 Å². The number of hydrogen-bond donors (Lipinski definition) is 1. The Kier molecular flexibility index (Phi) is 3.17. The van der Waals surface area contributed by atoms with Crippen LogP contribution in [0.3, 0.4) is 0 Å². The molecule has 5 heteroatoms. The summed E-state index contributed by atoms with van der Waals surface area (Å²) in [7, 11) is 0. The first kappa shape index (κ1) is 11.7. The van der Waals surface area contributed by atoms with Crippen LogP contribution >= 0.6 is 0 Å². The molecule has 0 bridgehead atoms. The number of carbonyl (C=O) groups excluding carboxylic acids is 2. The van der Waals surface area contributed by atoms with E-state index in [2.05, 4.69) is 15.3 Å². The highest BCUT2D eigenvalue weighted by Crippen LogP contribution is 2.23. The van der Waals surface area contributed by atoms with E-state index in [1.807, 2.05) is 13.8 Å². The van der Waals surface area contributed by atoms with E-state index in [1.165, 1.54) is 0 Å². The molecule has 1 aromatic rings. The van der Waals surface area contributed by atoms with E-state index in [0.29, 0.717) is 24.5 Å². The van der Waals surface area contributed by atoms with Gasteiger partial charge in [-0.2, -0.15) is 0 Å². The van der Waals surface area contributed by atoms with Crippen LogP contribution in [0.1, 0.15) is 49.9 Å². The van der Waals surface area contributed by atoms with Gasteiger partial charge in [0.25, 0.3) is 0 Å². The number of hydrogen-bond acceptors (Lipinski definition) is 4. The van der Waals surface area contributed by atoms with Crippen molar-refractivity contribution in [3.05, 3.63) is 23.8 Å². The van der Waals surface area contributed by atoms with Gasteiger partial charge in [0.15, 0.2) is 0 Å². The van der Waals surface area contributed by atoms with Gasteiger partial charge in [-0.1, -0.05) is 13.8 Å². The molecular weight excluding hydrogens is 218 g/mol. The monoisotopic (exact) mass is 233 g/mol. The van der Waals surface area contributed by atoms with Gasteiger partial charge in [0.1, 0.15) is 0 Å². The van der Waals surface area contributed by atoms with Crippen LogP contribution in [0.25, 0.3) is 0 Å². The summed E-state index contributed by atoms with van der Waals surface area (Å²) in [6, 6.07) is 0. The van der Waals surface area contributed by atoms with Gasteiger partial charge < -0.3 is 0 Å². The highest BCUT2D eigenvalue weighted by Gasteiger charge is 2.29. The van der Waals surface area contributed by atoms with E-state index in [-0.39, 0.29) is 17.7 Å². The van der Waals surface area contributed by atoms with Crippen LogP contribution in [-0.2, 0) is 9.59 Å². The molecule has 1 N–H and O–H groups in total. The molecule has 1 fully saturated rings. The van der Waals surface area contributed by atoms with Crippen molar-refractivity contribution in [2.75, 3.05) is 0 Å². The quantitative estimate of drug-likeness (QED) is 0.777. The molecule has 0 radical (unpaired) electrons. The van der Waals surface area contributed by atoms with Crippen LogP contribution in [-0.4, -0.2) is 21.8 Å². The number of aromatic nitrogens is 2. The third kappa shape index (κ3) is 2.49. The van der Waals surface area contributed by atoms with Gasteiger partial charge in [-0.25, -0.2) is 0 Å². The Morgan fingerprint density at radius 2 is 2.06 bits per heavy atom. The first-order valence-corrected chi connectivity index (χ1v) is 5.73. The van der Waals surface area contributed by atoms with Gasteiger partial charge in [0.05, 0.1) is 17.3 Å². The Labute approximate surface area is 99.7 Å². The molecule has 2 rings (SSSR count). The Morgan fingerprint density at radius 3 is 2.59 bits per heavy atom. The molecule has 2 amide bonds. The number of nitrogens with one attached hydrogen (secondary N) is 1. The third-order valence-corrected chi connectivity index (χ3v) is 2.88. The van der Waals surface area contributed by atoms with Crippen LogP contribution in [0.5, 0.6) is 0 Å². The average molecular weight is 233 g/mol. The van der Waals surface area contributed by atoms with E-state index < -0.39 is 0 Å². The Balaban J connectivity index is 2.17. The molecule has 0 aromatic carbocycles. The molecule has 0 saturated carbocycles. The minimum Gasteiger partial charge on any atom is -0.296 e. The fourth-order valence-corrected chi connectivity index (χ4v) is 1.80. The summed E-state index contributed by atoms with van der Waals surface area (Å²) in [4.78, 5) is 31.2. The molecule has 1 aliphatic rings. The second-order valence-corrected chi connectivity index (χ2v) is 4.52. The van der Waals surface area contributed by atoms with Crippen molar-refractivity contribution in [3.8, 4) is 0 Å². The van der Waals surface area contributed by atoms with Crippen LogP contribution in [0, 0.1) is 0 Å². The highest BCUT2D eigenvalue weighted by molar-refractivity contribution is 6.00. The summed E-state index contributed by atoms with van der Waals surface area (Å²) in [6.07, 6.45) is 4.21. The molecule has 2 heterocycles. The Hall–Kier alpha value is -1.78.